The van der Waals surface area contributed by atoms with Crippen molar-refractivity contribution in [1.82, 2.24) is 0 Å². The molecule has 0 radical (unpaired) electrons. The summed E-state index contributed by atoms with van der Waals surface area (Å²) in [6.07, 6.45) is 0.632. The van der Waals surface area contributed by atoms with E-state index >= 15 is 0 Å². The number of benzene rings is 2. The van der Waals surface area contributed by atoms with Gasteiger partial charge in [0.1, 0.15) is 6.07 Å². The Morgan fingerprint density at radius 2 is 1.92 bits per heavy atom. The highest BCUT2D eigenvalue weighted by atomic mass is 16.6. The molecule has 0 aliphatic carbocycles. The van der Waals surface area contributed by atoms with E-state index in [9.17, 15) is 4.79 Å². The van der Waals surface area contributed by atoms with Crippen LogP contribution in [0.2, 0.25) is 0 Å². The largest absolute Gasteiger partial charge is 0.493 e. The van der Waals surface area contributed by atoms with E-state index in [-0.39, 0.29) is 0 Å². The van der Waals surface area contributed by atoms with Crippen molar-refractivity contribution in [3.63, 3.8) is 0 Å². The highest BCUT2D eigenvalue weighted by Crippen LogP contribution is 2.26. The van der Waals surface area contributed by atoms with Crippen molar-refractivity contribution in [2.24, 2.45) is 5.16 Å². The molecule has 2 aromatic rings. The Kier molecular flexibility index (Phi) is 6.57. The Balaban J connectivity index is 1.97. The van der Waals surface area contributed by atoms with Gasteiger partial charge in [-0.2, -0.15) is 5.26 Å². The average molecular weight is 353 g/mol. The molecule has 1 N–H and O–H groups in total. The van der Waals surface area contributed by atoms with Crippen LogP contribution in [0.25, 0.3) is 0 Å². The van der Waals surface area contributed by atoms with Gasteiger partial charge < -0.3 is 19.6 Å². The molecule has 0 bridgehead atoms. The minimum absolute atomic E-state index is 0.377. The fourth-order valence-electron chi connectivity index (χ4n) is 2.09. The molecule has 26 heavy (non-hydrogen) atoms. The molecule has 0 saturated heterocycles. The smallest absolute Gasteiger partial charge is 0.268 e. The second-order valence-corrected chi connectivity index (χ2v) is 5.24. The molecule has 2 aromatic carbocycles. The third kappa shape index (κ3) is 4.74. The van der Waals surface area contributed by atoms with Gasteiger partial charge >= 0.3 is 0 Å². The fraction of sp³-hybridized carbons (Fsp3) is 0.211. The highest BCUT2D eigenvalue weighted by molar-refractivity contribution is 5.95. The van der Waals surface area contributed by atoms with Crippen molar-refractivity contribution >= 4 is 17.8 Å². The summed E-state index contributed by atoms with van der Waals surface area (Å²) in [4.78, 5) is 17.3. The number of nitriles is 1. The van der Waals surface area contributed by atoms with Crippen LogP contribution in [0.15, 0.2) is 47.6 Å². The van der Waals surface area contributed by atoms with E-state index in [0.717, 1.165) is 5.56 Å². The second kappa shape index (κ2) is 9.08. The van der Waals surface area contributed by atoms with Gasteiger partial charge in [0.05, 0.1) is 31.7 Å². The first-order chi connectivity index (χ1) is 12.6. The van der Waals surface area contributed by atoms with E-state index in [1.807, 2.05) is 6.07 Å². The molecule has 0 unspecified atom stereocenters. The molecular formula is C19H19N3O4. The van der Waals surface area contributed by atoms with E-state index in [2.05, 4.69) is 10.5 Å². The number of oxime groups is 1. The molecule has 0 spiro atoms. The van der Waals surface area contributed by atoms with Gasteiger partial charge in [0.25, 0.3) is 5.91 Å². The molecule has 7 nitrogen and oxygen atoms in total. The van der Waals surface area contributed by atoms with Crippen molar-refractivity contribution in [3.05, 3.63) is 53.6 Å². The Bertz CT molecular complexity index is 843. The number of ether oxygens (including phenoxy) is 2. The summed E-state index contributed by atoms with van der Waals surface area (Å²) in [5, 5.41) is 15.5. The maximum atomic E-state index is 12.2. The molecule has 0 fully saturated rings. The lowest BCUT2D eigenvalue weighted by molar-refractivity contribution is -0.126. The zero-order chi connectivity index (χ0) is 18.9. The van der Waals surface area contributed by atoms with Crippen LogP contribution in [0.1, 0.15) is 18.1 Å². The monoisotopic (exact) mass is 353 g/mol. The number of rotatable bonds is 7. The normalized spacial score (nSPS) is 11.5. The molecule has 7 heteroatoms. The van der Waals surface area contributed by atoms with Gasteiger partial charge in [0.15, 0.2) is 11.5 Å². The van der Waals surface area contributed by atoms with Gasteiger partial charge in [0, 0.05) is 5.56 Å². The summed E-state index contributed by atoms with van der Waals surface area (Å²) in [6, 6.07) is 14.0. The molecule has 0 aliphatic heterocycles. The first-order valence-electron chi connectivity index (χ1n) is 7.80. The minimum Gasteiger partial charge on any atom is -0.493 e. The molecule has 0 heterocycles. The number of methoxy groups -OCH3 is 2. The van der Waals surface area contributed by atoms with Crippen LogP contribution < -0.4 is 14.8 Å². The number of para-hydroxylation sites is 1. The summed E-state index contributed by atoms with van der Waals surface area (Å²) in [7, 11) is 3.10. The second-order valence-electron chi connectivity index (χ2n) is 5.24. The van der Waals surface area contributed by atoms with E-state index in [1.165, 1.54) is 6.21 Å². The first kappa shape index (κ1) is 18.8. The van der Waals surface area contributed by atoms with Crippen LogP contribution in [0, 0.1) is 11.3 Å². The number of carbonyl (C=O) groups excluding carboxylic acids is 1. The molecule has 0 aliphatic rings. The van der Waals surface area contributed by atoms with Gasteiger partial charge in [-0.05, 0) is 37.3 Å². The van der Waals surface area contributed by atoms with Crippen molar-refractivity contribution in [3.8, 4) is 17.6 Å². The zero-order valence-corrected chi connectivity index (χ0v) is 14.7. The number of nitrogens with one attached hydrogen (secondary N) is 1. The van der Waals surface area contributed by atoms with Crippen LogP contribution in [0.3, 0.4) is 0 Å². The van der Waals surface area contributed by atoms with Gasteiger partial charge in [-0.25, -0.2) is 0 Å². The topological polar surface area (TPSA) is 92.9 Å². The van der Waals surface area contributed by atoms with E-state index < -0.39 is 12.0 Å². The predicted octanol–water partition coefficient (Wildman–Crippen LogP) is 2.95. The third-order valence-electron chi connectivity index (χ3n) is 3.50. The number of anilines is 1. The van der Waals surface area contributed by atoms with Gasteiger partial charge in [-0.15, -0.1) is 0 Å². The zero-order valence-electron chi connectivity index (χ0n) is 14.7. The molecule has 2 rings (SSSR count). The van der Waals surface area contributed by atoms with Crippen molar-refractivity contribution in [2.75, 3.05) is 19.5 Å². The van der Waals surface area contributed by atoms with Gasteiger partial charge in [0.2, 0.25) is 6.10 Å². The Hall–Kier alpha value is -3.53. The van der Waals surface area contributed by atoms with E-state index in [0.29, 0.717) is 22.7 Å². The number of hydrogen-bond donors (Lipinski definition) is 1. The molecule has 0 saturated carbocycles. The quantitative estimate of drug-likeness (QED) is 0.610. The van der Waals surface area contributed by atoms with Crippen LogP contribution in [-0.4, -0.2) is 32.4 Å². The number of hydrogen-bond acceptors (Lipinski definition) is 6. The molecule has 1 amide bonds. The molecule has 134 valence electrons. The number of carbonyl (C=O) groups is 1. The van der Waals surface area contributed by atoms with Crippen LogP contribution in [0.4, 0.5) is 5.69 Å². The summed E-state index contributed by atoms with van der Waals surface area (Å²) in [5.41, 5.74) is 1.53. The average Bonchev–Trinajstić information content (AvgIpc) is 2.68. The van der Waals surface area contributed by atoms with Crippen LogP contribution >= 0.6 is 0 Å². The maximum absolute atomic E-state index is 12.2. The van der Waals surface area contributed by atoms with Crippen molar-refractivity contribution in [2.45, 2.75) is 13.0 Å². The van der Waals surface area contributed by atoms with Crippen LogP contribution in [0.5, 0.6) is 11.5 Å². The van der Waals surface area contributed by atoms with Gasteiger partial charge in [-0.1, -0.05) is 17.3 Å². The van der Waals surface area contributed by atoms with E-state index in [4.69, 9.17) is 19.6 Å². The van der Waals surface area contributed by atoms with Crippen molar-refractivity contribution in [1.29, 1.82) is 5.26 Å². The molecule has 0 aromatic heterocycles. The fourth-order valence-corrected chi connectivity index (χ4v) is 2.09. The molecule has 1 atom stereocenters. The van der Waals surface area contributed by atoms with Gasteiger partial charge in [-0.3, -0.25) is 4.79 Å². The predicted molar refractivity (Wildman–Crippen MR) is 97.5 cm³/mol. The summed E-state index contributed by atoms with van der Waals surface area (Å²) in [6.45, 7) is 1.57. The molecular weight excluding hydrogens is 334 g/mol. The summed E-state index contributed by atoms with van der Waals surface area (Å²) in [5.74, 6) is 0.766. The summed E-state index contributed by atoms with van der Waals surface area (Å²) < 4.78 is 10.4. The van der Waals surface area contributed by atoms with E-state index in [1.54, 1.807) is 63.6 Å². The third-order valence-corrected chi connectivity index (χ3v) is 3.50. The standard InChI is InChI=1S/C19H19N3O4/c1-13(19(23)22-16-7-5-4-6-15(16)11-20)26-21-12-14-8-9-17(24-2)18(10-14)25-3/h4-10,12-13H,1-3H3,(H,22,23)/b21-12-/t13-/m0/s1. The SMILES string of the molecule is COc1ccc(/C=N\O[C@@H](C)C(=O)Nc2ccccc2C#N)cc1OC. The maximum Gasteiger partial charge on any atom is 0.268 e. The first-order valence-corrected chi connectivity index (χ1v) is 7.80. The minimum atomic E-state index is -0.835. The lowest BCUT2D eigenvalue weighted by atomic mass is 10.2. The number of amides is 1. The van der Waals surface area contributed by atoms with Crippen molar-refractivity contribution < 1.29 is 19.1 Å². The summed E-state index contributed by atoms with van der Waals surface area (Å²) >= 11 is 0. The Morgan fingerprint density at radius 1 is 1.19 bits per heavy atom. The lowest BCUT2D eigenvalue weighted by Gasteiger charge is -2.11. The lowest BCUT2D eigenvalue weighted by Crippen LogP contribution is -2.26. The Morgan fingerprint density at radius 3 is 2.62 bits per heavy atom. The van der Waals surface area contributed by atoms with Crippen LogP contribution in [-0.2, 0) is 9.63 Å². The Labute approximate surface area is 151 Å². The number of nitrogens with zero attached hydrogens (tertiary/aromatic N) is 2. The highest BCUT2D eigenvalue weighted by Gasteiger charge is 2.15.